The SMILES string of the molecule is NCCCNCCCCNCCCN.NCCCNCCCCNCCCN.NCCCNCCCCNCCCN.NCCCNCCCCNCCCN. The molecule has 0 amide bonds. The van der Waals surface area contributed by atoms with Gasteiger partial charge in [-0.2, -0.15) is 0 Å². The lowest BCUT2D eigenvalue weighted by Gasteiger charge is -2.04. The Morgan fingerprint density at radius 2 is 0.232 bits per heavy atom. The number of nitrogens with one attached hydrogen (secondary N) is 8. The van der Waals surface area contributed by atoms with Gasteiger partial charge in [0, 0.05) is 0 Å². The van der Waals surface area contributed by atoms with Gasteiger partial charge in [0.25, 0.3) is 0 Å². The number of hydrogen-bond acceptors (Lipinski definition) is 16. The van der Waals surface area contributed by atoms with Crippen LogP contribution < -0.4 is 88.4 Å². The second kappa shape index (κ2) is 69.0. The molecule has 344 valence electrons. The fraction of sp³-hybridized carbons (Fsp3) is 1.00. The molecule has 0 aromatic rings. The Hall–Kier alpha value is -0.640. The molecule has 0 unspecified atom stereocenters. The molecule has 0 rings (SSSR count). The predicted octanol–water partition coefficient (Wildman–Crippen LogP) is -1.43. The van der Waals surface area contributed by atoms with Crippen LogP contribution in [0.2, 0.25) is 0 Å². The molecule has 0 aromatic heterocycles. The zero-order valence-electron chi connectivity index (χ0n) is 36.9. The minimum absolute atomic E-state index is 0.785. The molecule has 16 nitrogen and oxygen atoms in total. The second-order valence-electron chi connectivity index (χ2n) is 14.0. The van der Waals surface area contributed by atoms with Crippen LogP contribution in [-0.4, -0.2) is 157 Å². The van der Waals surface area contributed by atoms with Crippen molar-refractivity contribution < 1.29 is 0 Å². The number of hydrogen-bond donors (Lipinski definition) is 16. The lowest BCUT2D eigenvalue weighted by Crippen LogP contribution is -2.22. The third-order valence-corrected chi connectivity index (χ3v) is 8.29. The third-order valence-electron chi connectivity index (χ3n) is 8.29. The topological polar surface area (TPSA) is 304 Å². The molecule has 0 saturated carbocycles. The van der Waals surface area contributed by atoms with Gasteiger partial charge < -0.3 is 88.4 Å². The average Bonchev–Trinajstić information content (AvgIpc) is 3.21. The van der Waals surface area contributed by atoms with Crippen LogP contribution in [0.3, 0.4) is 0 Å². The monoisotopic (exact) mass is 809 g/mol. The largest absolute Gasteiger partial charge is 0.330 e. The van der Waals surface area contributed by atoms with E-state index in [0.717, 1.165) is 208 Å². The Morgan fingerprint density at radius 1 is 0.143 bits per heavy atom. The predicted molar refractivity (Wildman–Crippen MR) is 249 cm³/mol. The molecule has 0 spiro atoms. The summed E-state index contributed by atoms with van der Waals surface area (Å²) in [7, 11) is 0. The van der Waals surface area contributed by atoms with Crippen LogP contribution in [0.4, 0.5) is 0 Å². The average molecular weight is 809 g/mol. The summed E-state index contributed by atoms with van der Waals surface area (Å²) >= 11 is 0. The van der Waals surface area contributed by atoms with E-state index in [-0.39, 0.29) is 0 Å². The van der Waals surface area contributed by atoms with E-state index in [4.69, 9.17) is 45.9 Å². The highest BCUT2D eigenvalue weighted by Gasteiger charge is 1.93. The summed E-state index contributed by atoms with van der Waals surface area (Å²) in [4.78, 5) is 0. The number of nitrogens with two attached hydrogens (primary N) is 8. The van der Waals surface area contributed by atoms with Crippen molar-refractivity contribution >= 4 is 0 Å². The van der Waals surface area contributed by atoms with E-state index >= 15 is 0 Å². The van der Waals surface area contributed by atoms with Crippen LogP contribution in [0.5, 0.6) is 0 Å². The van der Waals surface area contributed by atoms with Crippen LogP contribution in [-0.2, 0) is 0 Å². The Kier molecular flexibility index (Phi) is 76.4. The van der Waals surface area contributed by atoms with Crippen molar-refractivity contribution in [2.24, 2.45) is 45.9 Å². The molecular formula is C40H104N16. The summed E-state index contributed by atoms with van der Waals surface area (Å²) in [6, 6.07) is 0. The molecule has 16 heteroatoms. The summed E-state index contributed by atoms with van der Waals surface area (Å²) in [6.07, 6.45) is 18.5. The van der Waals surface area contributed by atoms with Crippen molar-refractivity contribution in [1.29, 1.82) is 0 Å². The zero-order valence-corrected chi connectivity index (χ0v) is 36.9. The van der Waals surface area contributed by atoms with Gasteiger partial charge in [-0.05, 0) is 260 Å². The molecule has 0 atom stereocenters. The minimum atomic E-state index is 0.785. The maximum Gasteiger partial charge on any atom is -0.00369 e. The summed E-state index contributed by atoms with van der Waals surface area (Å²) in [6.45, 7) is 23.6. The van der Waals surface area contributed by atoms with E-state index < -0.39 is 0 Å². The van der Waals surface area contributed by atoms with Gasteiger partial charge in [-0.3, -0.25) is 0 Å². The van der Waals surface area contributed by atoms with E-state index in [0.29, 0.717) is 0 Å². The zero-order chi connectivity index (χ0) is 41.9. The Labute approximate surface area is 347 Å². The van der Waals surface area contributed by atoms with Gasteiger partial charge in [0.1, 0.15) is 0 Å². The smallest absolute Gasteiger partial charge is 0.00369 e. The fourth-order valence-electron chi connectivity index (χ4n) is 4.82. The van der Waals surface area contributed by atoms with E-state index in [2.05, 4.69) is 42.5 Å². The molecule has 0 heterocycles. The van der Waals surface area contributed by atoms with Gasteiger partial charge in [0.05, 0.1) is 0 Å². The first-order chi connectivity index (χ1) is 27.7. The number of unbranched alkanes of at least 4 members (excludes halogenated alkanes) is 4. The van der Waals surface area contributed by atoms with Crippen molar-refractivity contribution in [2.75, 3.05) is 157 Å². The highest BCUT2D eigenvalue weighted by molar-refractivity contribution is 4.56. The van der Waals surface area contributed by atoms with E-state index in [1.54, 1.807) is 0 Å². The lowest BCUT2D eigenvalue weighted by atomic mass is 10.3. The lowest BCUT2D eigenvalue weighted by molar-refractivity contribution is 0.570. The van der Waals surface area contributed by atoms with Gasteiger partial charge in [0.15, 0.2) is 0 Å². The first-order valence-corrected chi connectivity index (χ1v) is 22.9. The van der Waals surface area contributed by atoms with Crippen molar-refractivity contribution in [3.8, 4) is 0 Å². The Bertz CT molecular complexity index is 440. The van der Waals surface area contributed by atoms with Crippen molar-refractivity contribution in [1.82, 2.24) is 42.5 Å². The maximum atomic E-state index is 5.38. The van der Waals surface area contributed by atoms with E-state index in [1.807, 2.05) is 0 Å². The van der Waals surface area contributed by atoms with Crippen LogP contribution in [0.25, 0.3) is 0 Å². The summed E-state index contributed by atoms with van der Waals surface area (Å²) in [5.74, 6) is 0. The van der Waals surface area contributed by atoms with Crippen LogP contribution in [0, 0.1) is 0 Å². The molecule has 0 fully saturated rings. The first-order valence-electron chi connectivity index (χ1n) is 22.9. The second-order valence-corrected chi connectivity index (χ2v) is 14.0. The van der Waals surface area contributed by atoms with Gasteiger partial charge in [-0.15, -0.1) is 0 Å². The van der Waals surface area contributed by atoms with Gasteiger partial charge in [-0.1, -0.05) is 0 Å². The highest BCUT2D eigenvalue weighted by atomic mass is 14.9. The highest BCUT2D eigenvalue weighted by Crippen LogP contribution is 1.88. The van der Waals surface area contributed by atoms with Crippen molar-refractivity contribution in [2.45, 2.75) is 103 Å². The summed E-state index contributed by atoms with van der Waals surface area (Å²) in [5.41, 5.74) is 43.0. The van der Waals surface area contributed by atoms with Crippen molar-refractivity contribution in [3.63, 3.8) is 0 Å². The Balaban J connectivity index is -0.000000322. The molecule has 0 aromatic carbocycles. The molecule has 0 bridgehead atoms. The molecule has 0 aliphatic carbocycles. The molecule has 0 saturated heterocycles. The van der Waals surface area contributed by atoms with Crippen molar-refractivity contribution in [3.05, 3.63) is 0 Å². The maximum absolute atomic E-state index is 5.38. The number of rotatable bonds is 44. The molecule has 24 N–H and O–H groups in total. The minimum Gasteiger partial charge on any atom is -0.330 e. The first kappa shape index (κ1) is 62.0. The molecule has 56 heavy (non-hydrogen) atoms. The van der Waals surface area contributed by atoms with E-state index in [9.17, 15) is 0 Å². The summed E-state index contributed by atoms with van der Waals surface area (Å²) < 4.78 is 0. The fourth-order valence-corrected chi connectivity index (χ4v) is 4.82. The summed E-state index contributed by atoms with van der Waals surface area (Å²) in [5, 5.41) is 26.9. The third kappa shape index (κ3) is 77.8. The molecular weight excluding hydrogens is 705 g/mol. The van der Waals surface area contributed by atoms with Crippen LogP contribution in [0.1, 0.15) is 103 Å². The van der Waals surface area contributed by atoms with Crippen LogP contribution in [0.15, 0.2) is 0 Å². The quantitative estimate of drug-likeness (QED) is 0.0314. The molecule has 0 aliphatic heterocycles. The van der Waals surface area contributed by atoms with Gasteiger partial charge in [0.2, 0.25) is 0 Å². The Morgan fingerprint density at radius 3 is 0.321 bits per heavy atom. The van der Waals surface area contributed by atoms with Gasteiger partial charge in [-0.25, -0.2) is 0 Å². The molecule has 0 radical (unpaired) electrons. The van der Waals surface area contributed by atoms with Gasteiger partial charge >= 0.3 is 0 Å². The van der Waals surface area contributed by atoms with E-state index in [1.165, 1.54) is 51.4 Å². The molecule has 0 aliphatic rings. The normalized spacial score (nSPS) is 10.7. The van der Waals surface area contributed by atoms with Crippen LogP contribution >= 0.6 is 0 Å². The standard InChI is InChI=1S/4C10H26N4/c4*11-5-3-9-13-7-1-2-8-14-10-4-6-12/h4*13-14H,1-12H2.